The number of piperidine rings is 1. The molecule has 0 saturated carbocycles. The predicted molar refractivity (Wildman–Crippen MR) is 76.5 cm³/mol. The summed E-state index contributed by atoms with van der Waals surface area (Å²) in [4.78, 5) is 24.1. The van der Waals surface area contributed by atoms with Crippen molar-refractivity contribution in [2.45, 2.75) is 52.1 Å². The van der Waals surface area contributed by atoms with Crippen LogP contribution in [0.15, 0.2) is 12.2 Å². The molecule has 0 spiro atoms. The smallest absolute Gasteiger partial charge is 0.410 e. The van der Waals surface area contributed by atoms with Crippen molar-refractivity contribution in [3.8, 4) is 0 Å². The summed E-state index contributed by atoms with van der Waals surface area (Å²) < 4.78 is 5.38. The quantitative estimate of drug-likeness (QED) is 0.805. The lowest BCUT2D eigenvalue weighted by molar-refractivity contribution is -0.131. The van der Waals surface area contributed by atoms with Crippen LogP contribution < -0.4 is 0 Å². The fourth-order valence-corrected chi connectivity index (χ4v) is 2.31. The molecule has 114 valence electrons. The van der Waals surface area contributed by atoms with Crippen LogP contribution in [0, 0.1) is 5.92 Å². The third-order valence-electron chi connectivity index (χ3n) is 3.17. The van der Waals surface area contributed by atoms with Crippen molar-refractivity contribution in [2.24, 2.45) is 5.92 Å². The molecule has 5 nitrogen and oxygen atoms in total. The summed E-state index contributed by atoms with van der Waals surface area (Å²) in [5, 5.41) is 8.52. The number of nitrogens with zero attached hydrogens (tertiary/aromatic N) is 1. The first-order chi connectivity index (χ1) is 9.28. The second-order valence-electron chi connectivity index (χ2n) is 6.25. The number of hydrogen-bond donors (Lipinski definition) is 1. The number of amides is 1. The lowest BCUT2D eigenvalue weighted by atomic mass is 9.93. The van der Waals surface area contributed by atoms with E-state index >= 15 is 0 Å². The zero-order valence-corrected chi connectivity index (χ0v) is 12.6. The number of carboxylic acid groups (broad SMARTS) is 1. The first kappa shape index (κ1) is 16.5. The number of rotatable bonds is 4. The van der Waals surface area contributed by atoms with Gasteiger partial charge >= 0.3 is 12.1 Å². The first-order valence-corrected chi connectivity index (χ1v) is 7.15. The fraction of sp³-hybridized carbons (Fsp3) is 0.733. The van der Waals surface area contributed by atoms with E-state index in [1.807, 2.05) is 20.8 Å². The largest absolute Gasteiger partial charge is 0.478 e. The molecule has 1 aliphatic rings. The maximum atomic E-state index is 12.0. The van der Waals surface area contributed by atoms with Crippen molar-refractivity contribution >= 4 is 12.1 Å². The molecule has 0 aromatic heterocycles. The van der Waals surface area contributed by atoms with Crippen LogP contribution in [0.5, 0.6) is 0 Å². The molecular formula is C15H25NO4. The Balaban J connectivity index is 2.38. The average Bonchev–Trinajstić information content (AvgIpc) is 2.33. The molecule has 1 atom stereocenters. The van der Waals surface area contributed by atoms with Gasteiger partial charge in [-0.2, -0.15) is 0 Å². The molecule has 1 N–H and O–H groups in total. The lowest BCUT2D eigenvalue weighted by Crippen LogP contribution is -2.42. The summed E-state index contributed by atoms with van der Waals surface area (Å²) in [7, 11) is 0. The van der Waals surface area contributed by atoms with Gasteiger partial charge in [-0.3, -0.25) is 0 Å². The van der Waals surface area contributed by atoms with Gasteiger partial charge in [0.15, 0.2) is 0 Å². The summed E-state index contributed by atoms with van der Waals surface area (Å²) in [5.41, 5.74) is -0.464. The lowest BCUT2D eigenvalue weighted by Gasteiger charge is -2.34. The summed E-state index contributed by atoms with van der Waals surface area (Å²) in [6.07, 6.45) is 6.31. The molecule has 0 aromatic carbocycles. The Hall–Kier alpha value is -1.52. The molecule has 0 radical (unpaired) electrons. The molecule has 0 aliphatic carbocycles. The van der Waals surface area contributed by atoms with Crippen molar-refractivity contribution in [3.05, 3.63) is 12.2 Å². The van der Waals surface area contributed by atoms with E-state index in [2.05, 4.69) is 0 Å². The van der Waals surface area contributed by atoms with Crippen molar-refractivity contribution in [1.29, 1.82) is 0 Å². The van der Waals surface area contributed by atoms with Gasteiger partial charge in [-0.1, -0.05) is 6.08 Å². The van der Waals surface area contributed by atoms with E-state index in [4.69, 9.17) is 9.84 Å². The minimum Gasteiger partial charge on any atom is -0.478 e. The van der Waals surface area contributed by atoms with Crippen LogP contribution in [0.1, 0.15) is 46.5 Å². The zero-order valence-electron chi connectivity index (χ0n) is 12.6. The van der Waals surface area contributed by atoms with Crippen molar-refractivity contribution in [3.63, 3.8) is 0 Å². The number of carbonyl (C=O) groups is 2. The fourth-order valence-electron chi connectivity index (χ4n) is 2.31. The summed E-state index contributed by atoms with van der Waals surface area (Å²) in [5.74, 6) is -0.487. The topological polar surface area (TPSA) is 66.8 Å². The van der Waals surface area contributed by atoms with Gasteiger partial charge in [0.05, 0.1) is 0 Å². The highest BCUT2D eigenvalue weighted by Crippen LogP contribution is 2.22. The standard InChI is InChI=1S/C15H25NO4/c1-15(2,3)20-14(19)16-10-6-8-12(11-16)7-4-5-9-13(17)18/h5,9,12H,4,6-8,10-11H2,1-3H3,(H,17,18)/b9-5+. The van der Waals surface area contributed by atoms with E-state index in [0.29, 0.717) is 12.5 Å². The van der Waals surface area contributed by atoms with Gasteiger partial charge in [-0.25, -0.2) is 9.59 Å². The van der Waals surface area contributed by atoms with E-state index in [0.717, 1.165) is 32.2 Å². The number of carbonyl (C=O) groups excluding carboxylic acids is 1. The van der Waals surface area contributed by atoms with Crippen LogP contribution in [0.2, 0.25) is 0 Å². The van der Waals surface area contributed by atoms with Gasteiger partial charge in [0.2, 0.25) is 0 Å². The summed E-state index contributed by atoms with van der Waals surface area (Å²) >= 11 is 0. The van der Waals surface area contributed by atoms with Crippen molar-refractivity contribution in [2.75, 3.05) is 13.1 Å². The van der Waals surface area contributed by atoms with Gasteiger partial charge in [-0.05, 0) is 52.4 Å². The molecule has 1 rings (SSSR count). The van der Waals surface area contributed by atoms with Gasteiger partial charge in [0.25, 0.3) is 0 Å². The highest BCUT2D eigenvalue weighted by Gasteiger charge is 2.27. The minimum atomic E-state index is -0.913. The number of ether oxygens (including phenoxy) is 1. The Kier molecular flexibility index (Phi) is 6.05. The molecule has 1 amide bonds. The number of allylic oxidation sites excluding steroid dienone is 1. The molecule has 1 fully saturated rings. The second-order valence-corrected chi connectivity index (χ2v) is 6.25. The van der Waals surface area contributed by atoms with Crippen LogP contribution in [0.25, 0.3) is 0 Å². The Morgan fingerprint density at radius 1 is 1.40 bits per heavy atom. The molecule has 0 bridgehead atoms. The number of likely N-dealkylation sites (tertiary alicyclic amines) is 1. The van der Waals surface area contributed by atoms with Crippen molar-refractivity contribution < 1.29 is 19.4 Å². The Morgan fingerprint density at radius 3 is 2.70 bits per heavy atom. The predicted octanol–water partition coefficient (Wildman–Crippen LogP) is 3.05. The van der Waals surface area contributed by atoms with E-state index in [1.54, 1.807) is 11.0 Å². The average molecular weight is 283 g/mol. The SMILES string of the molecule is CC(C)(C)OC(=O)N1CCCC(CC/C=C/C(=O)O)C1. The molecule has 1 saturated heterocycles. The maximum absolute atomic E-state index is 12.0. The number of hydrogen-bond acceptors (Lipinski definition) is 3. The third-order valence-corrected chi connectivity index (χ3v) is 3.17. The normalized spacial score (nSPS) is 20.1. The molecule has 1 unspecified atom stereocenters. The van der Waals surface area contributed by atoms with Crippen LogP contribution in [-0.2, 0) is 9.53 Å². The van der Waals surface area contributed by atoms with Crippen molar-refractivity contribution in [1.82, 2.24) is 4.90 Å². The molecule has 0 aromatic rings. The molecule has 1 aliphatic heterocycles. The Labute approximate surface area is 120 Å². The second kappa shape index (κ2) is 7.31. The number of carboxylic acids is 1. The first-order valence-electron chi connectivity index (χ1n) is 7.15. The Morgan fingerprint density at radius 2 is 2.10 bits per heavy atom. The van der Waals surface area contributed by atoms with Gasteiger partial charge < -0.3 is 14.7 Å². The van der Waals surface area contributed by atoms with E-state index in [-0.39, 0.29) is 6.09 Å². The monoisotopic (exact) mass is 283 g/mol. The maximum Gasteiger partial charge on any atom is 0.410 e. The van der Waals surface area contributed by atoms with E-state index in [9.17, 15) is 9.59 Å². The van der Waals surface area contributed by atoms with Gasteiger partial charge in [0.1, 0.15) is 5.60 Å². The van der Waals surface area contributed by atoms with Gasteiger partial charge in [0, 0.05) is 19.2 Å². The summed E-state index contributed by atoms with van der Waals surface area (Å²) in [6.45, 7) is 7.04. The highest BCUT2D eigenvalue weighted by molar-refractivity contribution is 5.79. The van der Waals surface area contributed by atoms with Crippen LogP contribution in [0.4, 0.5) is 4.79 Å². The van der Waals surface area contributed by atoms with Gasteiger partial charge in [-0.15, -0.1) is 0 Å². The summed E-state index contributed by atoms with van der Waals surface area (Å²) in [6, 6.07) is 0. The third kappa shape index (κ3) is 6.59. The highest BCUT2D eigenvalue weighted by atomic mass is 16.6. The minimum absolute atomic E-state index is 0.247. The molecule has 1 heterocycles. The van der Waals surface area contributed by atoms with Crippen LogP contribution >= 0.6 is 0 Å². The number of aliphatic carboxylic acids is 1. The molecule has 20 heavy (non-hydrogen) atoms. The Bertz CT molecular complexity index is 371. The van der Waals surface area contributed by atoms with E-state index < -0.39 is 11.6 Å². The van der Waals surface area contributed by atoms with E-state index in [1.165, 1.54) is 6.08 Å². The van der Waals surface area contributed by atoms with Crippen LogP contribution in [-0.4, -0.2) is 40.8 Å². The molecule has 5 heteroatoms. The molecular weight excluding hydrogens is 258 g/mol. The zero-order chi connectivity index (χ0) is 15.2. The van der Waals surface area contributed by atoms with Crippen LogP contribution in [0.3, 0.4) is 0 Å².